The first kappa shape index (κ1) is 23.4. The molecular formula is C26H24ClN3O4S. The van der Waals surface area contributed by atoms with E-state index in [9.17, 15) is 14.4 Å². The van der Waals surface area contributed by atoms with E-state index in [-0.39, 0.29) is 23.8 Å². The number of ether oxygens (including phenoxy) is 1. The quantitative estimate of drug-likeness (QED) is 0.535. The van der Waals surface area contributed by atoms with Gasteiger partial charge < -0.3 is 20.3 Å². The van der Waals surface area contributed by atoms with Gasteiger partial charge in [0.15, 0.2) is 0 Å². The summed E-state index contributed by atoms with van der Waals surface area (Å²) in [5.41, 5.74) is 2.41. The molecule has 2 unspecified atom stereocenters. The lowest BCUT2D eigenvalue weighted by molar-refractivity contribution is -0.124. The van der Waals surface area contributed by atoms with Crippen LogP contribution >= 0.6 is 22.9 Å². The van der Waals surface area contributed by atoms with Gasteiger partial charge in [-0.25, -0.2) is 0 Å². The first-order valence-electron chi connectivity index (χ1n) is 11.3. The molecule has 7 nitrogen and oxygen atoms in total. The van der Waals surface area contributed by atoms with Crippen molar-refractivity contribution in [1.82, 2.24) is 10.2 Å². The van der Waals surface area contributed by atoms with Crippen molar-refractivity contribution in [1.29, 1.82) is 0 Å². The number of nitrogens with one attached hydrogen (secondary N) is 2. The summed E-state index contributed by atoms with van der Waals surface area (Å²) in [7, 11) is 1.58. The number of fused-ring (bicyclic) bond motifs is 2. The maximum Gasteiger partial charge on any atom is 0.256 e. The van der Waals surface area contributed by atoms with Crippen molar-refractivity contribution in [2.24, 2.45) is 0 Å². The Balaban J connectivity index is 1.37. The van der Waals surface area contributed by atoms with Crippen molar-refractivity contribution >= 4 is 46.3 Å². The van der Waals surface area contributed by atoms with Crippen LogP contribution in [0.4, 0.5) is 5.69 Å². The van der Waals surface area contributed by atoms with Crippen LogP contribution in [0.2, 0.25) is 5.02 Å². The van der Waals surface area contributed by atoms with Crippen molar-refractivity contribution in [3.8, 4) is 16.9 Å². The van der Waals surface area contributed by atoms with E-state index in [2.05, 4.69) is 10.6 Å². The van der Waals surface area contributed by atoms with E-state index in [4.69, 9.17) is 16.3 Å². The molecule has 3 heterocycles. The Hall–Kier alpha value is -3.36. The van der Waals surface area contributed by atoms with E-state index in [1.165, 1.54) is 11.3 Å². The standard InChI is InChI=1S/C26H24ClN3O4S/c1-34-23-7-5-16(27)12-19(23)15-4-6-21-20(11-15)26(33)30-9-8-17(13-22(30)25(32)29-21)28-24(31)14-18-3-2-10-35-18/h2-7,10-12,17,22H,8-9,13-14H2,1H3,(H,28,31)(H,29,32). The third kappa shape index (κ3) is 4.76. The molecule has 35 heavy (non-hydrogen) atoms. The number of rotatable bonds is 5. The molecule has 3 aromatic rings. The van der Waals surface area contributed by atoms with Crippen LogP contribution in [0.15, 0.2) is 53.9 Å². The van der Waals surface area contributed by atoms with E-state index in [1.54, 1.807) is 42.3 Å². The normalized spacial score (nSPS) is 19.3. The average molecular weight is 510 g/mol. The summed E-state index contributed by atoms with van der Waals surface area (Å²) >= 11 is 7.74. The SMILES string of the molecule is COc1ccc(Cl)cc1-c1ccc2c(c1)C(=O)N1CCC(NC(=O)Cc3cccs3)CC1C(=O)N2. The van der Waals surface area contributed by atoms with Gasteiger partial charge in [-0.2, -0.15) is 0 Å². The number of piperidine rings is 1. The summed E-state index contributed by atoms with van der Waals surface area (Å²) in [6.45, 7) is 0.380. The van der Waals surface area contributed by atoms with Gasteiger partial charge in [0.1, 0.15) is 11.8 Å². The zero-order valence-corrected chi connectivity index (χ0v) is 20.6. The molecule has 2 N–H and O–H groups in total. The van der Waals surface area contributed by atoms with Crippen molar-refractivity contribution < 1.29 is 19.1 Å². The van der Waals surface area contributed by atoms with Gasteiger partial charge in [0.25, 0.3) is 5.91 Å². The zero-order chi connectivity index (χ0) is 24.5. The molecule has 0 aliphatic carbocycles. The van der Waals surface area contributed by atoms with E-state index in [0.29, 0.717) is 47.8 Å². The first-order valence-corrected chi connectivity index (χ1v) is 12.6. The average Bonchev–Trinajstić information content (AvgIpc) is 3.33. The Bertz CT molecular complexity index is 1290. The van der Waals surface area contributed by atoms with E-state index in [0.717, 1.165) is 16.0 Å². The molecule has 9 heteroatoms. The van der Waals surface area contributed by atoms with Gasteiger partial charge in [0.2, 0.25) is 11.8 Å². The third-order valence-electron chi connectivity index (χ3n) is 6.43. The Morgan fingerprint density at radius 1 is 1.20 bits per heavy atom. The van der Waals surface area contributed by atoms with Gasteiger partial charge in [-0.05, 0) is 60.2 Å². The maximum absolute atomic E-state index is 13.6. The summed E-state index contributed by atoms with van der Waals surface area (Å²) in [6, 6.07) is 13.7. The van der Waals surface area contributed by atoms with Crippen molar-refractivity contribution in [2.75, 3.05) is 19.0 Å². The summed E-state index contributed by atoms with van der Waals surface area (Å²) in [6.07, 6.45) is 1.27. The van der Waals surface area contributed by atoms with Gasteiger partial charge in [-0.3, -0.25) is 14.4 Å². The number of thiophene rings is 1. The second-order valence-corrected chi connectivity index (χ2v) is 10.1. The van der Waals surface area contributed by atoms with Crippen LogP contribution in [0.3, 0.4) is 0 Å². The smallest absolute Gasteiger partial charge is 0.256 e. The molecule has 1 aromatic heterocycles. The minimum atomic E-state index is -0.653. The molecule has 0 bridgehead atoms. The van der Waals surface area contributed by atoms with Crippen LogP contribution in [-0.4, -0.2) is 48.4 Å². The number of carbonyl (C=O) groups excluding carboxylic acids is 3. The fourth-order valence-electron chi connectivity index (χ4n) is 4.71. The predicted molar refractivity (Wildman–Crippen MR) is 136 cm³/mol. The molecule has 3 amide bonds. The summed E-state index contributed by atoms with van der Waals surface area (Å²) < 4.78 is 5.47. The molecule has 1 saturated heterocycles. The lowest BCUT2D eigenvalue weighted by atomic mass is 9.95. The lowest BCUT2D eigenvalue weighted by Gasteiger charge is -2.37. The highest BCUT2D eigenvalue weighted by Gasteiger charge is 2.40. The number of benzene rings is 2. The number of hydrogen-bond donors (Lipinski definition) is 2. The minimum Gasteiger partial charge on any atom is -0.496 e. The molecule has 0 saturated carbocycles. The third-order valence-corrected chi connectivity index (χ3v) is 7.54. The molecule has 2 aromatic carbocycles. The van der Waals surface area contributed by atoms with Gasteiger partial charge >= 0.3 is 0 Å². The van der Waals surface area contributed by atoms with Gasteiger partial charge in [-0.1, -0.05) is 23.7 Å². The van der Waals surface area contributed by atoms with Gasteiger partial charge in [0, 0.05) is 28.0 Å². The predicted octanol–water partition coefficient (Wildman–Crippen LogP) is 4.36. The van der Waals surface area contributed by atoms with E-state index >= 15 is 0 Å². The summed E-state index contributed by atoms with van der Waals surface area (Å²) in [4.78, 5) is 41.7. The highest BCUT2D eigenvalue weighted by atomic mass is 35.5. The molecule has 5 rings (SSSR count). The number of methoxy groups -OCH3 is 1. The minimum absolute atomic E-state index is 0.0744. The van der Waals surface area contributed by atoms with E-state index in [1.807, 2.05) is 23.6 Å². The fourth-order valence-corrected chi connectivity index (χ4v) is 5.59. The molecule has 2 aliphatic heterocycles. The second-order valence-electron chi connectivity index (χ2n) is 8.65. The number of halogens is 1. The first-order chi connectivity index (χ1) is 16.9. The van der Waals surface area contributed by atoms with Crippen LogP contribution in [0, 0.1) is 0 Å². The lowest BCUT2D eigenvalue weighted by Crippen LogP contribution is -2.55. The second kappa shape index (κ2) is 9.71. The number of carbonyl (C=O) groups is 3. The fraction of sp³-hybridized carbons (Fsp3) is 0.269. The molecule has 0 radical (unpaired) electrons. The Kier molecular flexibility index (Phi) is 6.49. The number of amides is 3. The molecule has 1 fully saturated rings. The molecule has 180 valence electrons. The monoisotopic (exact) mass is 509 g/mol. The largest absolute Gasteiger partial charge is 0.496 e. The highest BCUT2D eigenvalue weighted by molar-refractivity contribution is 7.10. The van der Waals surface area contributed by atoms with Gasteiger partial charge in [0.05, 0.1) is 24.8 Å². The number of anilines is 1. The zero-order valence-electron chi connectivity index (χ0n) is 19.0. The molecule has 0 spiro atoms. The van der Waals surface area contributed by atoms with Crippen LogP contribution < -0.4 is 15.4 Å². The van der Waals surface area contributed by atoms with E-state index < -0.39 is 6.04 Å². The van der Waals surface area contributed by atoms with Gasteiger partial charge in [-0.15, -0.1) is 11.3 Å². The van der Waals surface area contributed by atoms with Crippen LogP contribution in [-0.2, 0) is 16.0 Å². The maximum atomic E-state index is 13.6. The Labute approximate surface area is 212 Å². The van der Waals surface area contributed by atoms with Crippen LogP contribution in [0.5, 0.6) is 5.75 Å². The summed E-state index contributed by atoms with van der Waals surface area (Å²) in [5.74, 6) is 0.100. The Morgan fingerprint density at radius 3 is 2.83 bits per heavy atom. The number of hydrogen-bond acceptors (Lipinski definition) is 5. The van der Waals surface area contributed by atoms with Crippen LogP contribution in [0.1, 0.15) is 28.1 Å². The highest BCUT2D eigenvalue weighted by Crippen LogP contribution is 2.36. The van der Waals surface area contributed by atoms with Crippen molar-refractivity contribution in [3.05, 3.63) is 69.4 Å². The van der Waals surface area contributed by atoms with Crippen LogP contribution in [0.25, 0.3) is 11.1 Å². The molecule has 2 aliphatic rings. The van der Waals surface area contributed by atoms with Crippen molar-refractivity contribution in [3.63, 3.8) is 0 Å². The molecular weight excluding hydrogens is 486 g/mol. The number of nitrogens with zero attached hydrogens (tertiary/aromatic N) is 1. The van der Waals surface area contributed by atoms with Crippen molar-refractivity contribution in [2.45, 2.75) is 31.3 Å². The summed E-state index contributed by atoms with van der Waals surface area (Å²) in [5, 5.41) is 8.44. The molecule has 2 atom stereocenters. The Morgan fingerprint density at radius 2 is 2.06 bits per heavy atom. The topological polar surface area (TPSA) is 87.7 Å².